The first-order valence-electron chi connectivity index (χ1n) is 27.1. The van der Waals surface area contributed by atoms with Gasteiger partial charge in [0.25, 0.3) is 0 Å². The molecule has 0 amide bonds. The second kappa shape index (κ2) is 49.2. The van der Waals surface area contributed by atoms with Crippen molar-refractivity contribution >= 4 is 17.9 Å². The van der Waals surface area contributed by atoms with Gasteiger partial charge in [0.2, 0.25) is 0 Å². The van der Waals surface area contributed by atoms with Crippen LogP contribution in [0.1, 0.15) is 219 Å². The van der Waals surface area contributed by atoms with E-state index in [2.05, 4.69) is 68.5 Å². The first-order chi connectivity index (χ1) is 32.6. The molecule has 386 valence electrons. The molecule has 0 aliphatic carbocycles. The number of allylic oxidation sites excluding steroid dienone is 11. The van der Waals surface area contributed by atoms with E-state index in [0.29, 0.717) is 17.4 Å². The molecule has 2 unspecified atom stereocenters. The van der Waals surface area contributed by atoms with Gasteiger partial charge in [0.1, 0.15) is 13.2 Å². The molecule has 0 N–H and O–H groups in total. The molecule has 0 saturated carbocycles. The monoisotopic (exact) mass is 940 g/mol. The van der Waals surface area contributed by atoms with Crippen molar-refractivity contribution in [2.45, 2.75) is 232 Å². The number of nitrogens with zero attached hydrogens (tertiary/aromatic N) is 1. The van der Waals surface area contributed by atoms with Crippen LogP contribution in [0.25, 0.3) is 0 Å². The van der Waals surface area contributed by atoms with Crippen molar-refractivity contribution in [2.24, 2.45) is 0 Å². The van der Waals surface area contributed by atoms with Crippen LogP contribution in [-0.2, 0) is 33.3 Å². The molecule has 0 radical (unpaired) electrons. The number of quaternary nitrogens is 1. The zero-order valence-electron chi connectivity index (χ0n) is 43.8. The number of hydrogen-bond acceptors (Lipinski definition) is 8. The van der Waals surface area contributed by atoms with E-state index in [1.807, 2.05) is 33.3 Å². The Morgan fingerprint density at radius 1 is 0.478 bits per heavy atom. The van der Waals surface area contributed by atoms with Gasteiger partial charge in [0.05, 0.1) is 46.7 Å². The summed E-state index contributed by atoms with van der Waals surface area (Å²) in [5.41, 5.74) is 0. The minimum atomic E-state index is -1.65. The number of ether oxygens (including phenoxy) is 4. The van der Waals surface area contributed by atoms with Crippen LogP contribution in [0.4, 0.5) is 0 Å². The van der Waals surface area contributed by atoms with Gasteiger partial charge < -0.3 is 33.3 Å². The van der Waals surface area contributed by atoms with E-state index in [0.717, 1.165) is 44.9 Å². The molecule has 0 fully saturated rings. The van der Waals surface area contributed by atoms with Crippen molar-refractivity contribution in [1.82, 2.24) is 0 Å². The number of likely N-dealkylation sites (N-methyl/N-ethyl adjacent to an activating group) is 1. The van der Waals surface area contributed by atoms with E-state index in [1.54, 1.807) is 6.08 Å². The van der Waals surface area contributed by atoms with Crippen LogP contribution in [0, 0.1) is 0 Å². The third kappa shape index (κ3) is 50.4. The van der Waals surface area contributed by atoms with Crippen molar-refractivity contribution in [3.8, 4) is 0 Å². The lowest BCUT2D eigenvalue weighted by Crippen LogP contribution is -2.44. The average Bonchev–Trinajstić information content (AvgIpc) is 3.29. The molecule has 9 nitrogen and oxygen atoms in total. The minimum absolute atomic E-state index is 0.0138. The highest BCUT2D eigenvalue weighted by Gasteiger charge is 2.21. The highest BCUT2D eigenvalue weighted by Crippen LogP contribution is 2.15. The molecule has 0 aromatic heterocycles. The van der Waals surface area contributed by atoms with Crippen LogP contribution >= 0.6 is 0 Å². The number of carbonyl (C=O) groups excluding carboxylic acids is 3. The predicted molar refractivity (Wildman–Crippen MR) is 278 cm³/mol. The van der Waals surface area contributed by atoms with Crippen LogP contribution in [0.15, 0.2) is 72.9 Å². The summed E-state index contributed by atoms with van der Waals surface area (Å²) in [4.78, 5) is 37.1. The molecule has 9 heteroatoms. The van der Waals surface area contributed by atoms with Crippen molar-refractivity contribution in [3.63, 3.8) is 0 Å². The van der Waals surface area contributed by atoms with E-state index in [4.69, 9.17) is 18.9 Å². The SMILES string of the molecule is CC/C=C\C/C=C\C/C=C\C/C=C\C/C=C\CC(=O)OC(COC(=O)CCCCCCCCCCCCCCCCC/C=C\CCCCCCCCCC)COC(OCC[N+](C)(C)C)C(=O)[O-]. The van der Waals surface area contributed by atoms with Gasteiger partial charge in [-0.3, -0.25) is 9.59 Å². The highest BCUT2D eigenvalue weighted by atomic mass is 16.7. The van der Waals surface area contributed by atoms with Crippen LogP contribution in [0.2, 0.25) is 0 Å². The molecule has 0 aliphatic heterocycles. The number of rotatable bonds is 49. The van der Waals surface area contributed by atoms with E-state index in [-0.39, 0.29) is 38.6 Å². The molecular weight excluding hydrogens is 839 g/mol. The van der Waals surface area contributed by atoms with Crippen LogP contribution < -0.4 is 5.11 Å². The lowest BCUT2D eigenvalue weighted by atomic mass is 10.0. The average molecular weight is 940 g/mol. The lowest BCUT2D eigenvalue weighted by molar-refractivity contribution is -0.870. The Morgan fingerprint density at radius 3 is 1.33 bits per heavy atom. The number of hydrogen-bond donors (Lipinski definition) is 0. The zero-order chi connectivity index (χ0) is 49.2. The largest absolute Gasteiger partial charge is 0.545 e. The molecule has 0 aromatic carbocycles. The molecule has 0 bridgehead atoms. The van der Waals surface area contributed by atoms with Gasteiger partial charge in [-0.15, -0.1) is 0 Å². The summed E-state index contributed by atoms with van der Waals surface area (Å²) < 4.78 is 22.5. The second-order valence-electron chi connectivity index (χ2n) is 19.2. The second-order valence-corrected chi connectivity index (χ2v) is 19.2. The first-order valence-corrected chi connectivity index (χ1v) is 27.1. The smallest absolute Gasteiger partial charge is 0.310 e. The van der Waals surface area contributed by atoms with Gasteiger partial charge >= 0.3 is 11.9 Å². The summed E-state index contributed by atoms with van der Waals surface area (Å²) in [6.07, 6.45) is 59.9. The van der Waals surface area contributed by atoms with Crippen LogP contribution in [-0.4, -0.2) is 82.3 Å². The van der Waals surface area contributed by atoms with Crippen LogP contribution in [0.5, 0.6) is 0 Å². The summed E-state index contributed by atoms with van der Waals surface area (Å²) in [5, 5.41) is 11.7. The van der Waals surface area contributed by atoms with Gasteiger partial charge in [-0.1, -0.05) is 215 Å². The van der Waals surface area contributed by atoms with Crippen molar-refractivity contribution in [2.75, 3.05) is 47.5 Å². The highest BCUT2D eigenvalue weighted by molar-refractivity contribution is 5.71. The molecule has 67 heavy (non-hydrogen) atoms. The van der Waals surface area contributed by atoms with Crippen LogP contribution in [0.3, 0.4) is 0 Å². The Morgan fingerprint density at radius 2 is 0.896 bits per heavy atom. The Balaban J connectivity index is 4.27. The summed E-state index contributed by atoms with van der Waals surface area (Å²) >= 11 is 0. The number of unbranched alkanes of at least 4 members (excludes halogenated alkanes) is 23. The number of aliphatic carboxylic acids is 1. The fourth-order valence-corrected chi connectivity index (χ4v) is 7.31. The molecule has 0 spiro atoms. The van der Waals surface area contributed by atoms with Crippen molar-refractivity contribution in [3.05, 3.63) is 72.9 Å². The maximum Gasteiger partial charge on any atom is 0.310 e. The summed E-state index contributed by atoms with van der Waals surface area (Å²) in [6.45, 7) is 4.52. The van der Waals surface area contributed by atoms with Crippen molar-refractivity contribution < 1.29 is 42.9 Å². The molecule has 0 heterocycles. The predicted octanol–water partition coefficient (Wildman–Crippen LogP) is 14.1. The van der Waals surface area contributed by atoms with Gasteiger partial charge in [-0.2, -0.15) is 0 Å². The standard InChI is InChI=1S/C58H101NO8/c1-6-8-10-12-14-16-18-20-22-23-24-25-26-27-28-29-30-31-32-33-35-36-38-40-42-44-46-48-55(60)65-52-54(53-66-58(57(62)63)64-51-50-59(3,4)5)67-56(61)49-47-45-43-41-39-37-34-21-19-17-15-13-11-9-7-2/h9,11,15,17,21,23-24,34,39,41,45,47,54,58H,6-8,10,12-14,16,18-20,22,25-33,35-38,40,42-44,46,48-53H2,1-5H3/b11-9-,17-15-,24-23-,34-21-,41-39-,47-45-. The molecule has 0 aliphatic rings. The maximum atomic E-state index is 12.7. The summed E-state index contributed by atoms with van der Waals surface area (Å²) in [5.74, 6) is -2.45. The molecular formula is C58H101NO8. The van der Waals surface area contributed by atoms with Gasteiger partial charge in [-0.25, -0.2) is 0 Å². The molecule has 2 atom stereocenters. The zero-order valence-corrected chi connectivity index (χ0v) is 43.8. The third-order valence-corrected chi connectivity index (χ3v) is 11.5. The Hall–Kier alpha value is -3.27. The number of carboxylic acids is 1. The molecule has 0 rings (SSSR count). The van der Waals surface area contributed by atoms with E-state index in [1.165, 1.54) is 141 Å². The van der Waals surface area contributed by atoms with E-state index < -0.39 is 24.3 Å². The normalized spacial score (nSPS) is 13.4. The third-order valence-electron chi connectivity index (χ3n) is 11.5. The Bertz CT molecular complexity index is 1330. The number of esters is 2. The maximum absolute atomic E-state index is 12.7. The summed E-state index contributed by atoms with van der Waals surface area (Å²) in [7, 11) is 5.88. The molecule has 0 aromatic rings. The fraction of sp³-hybridized carbons (Fsp3) is 0.741. The number of carbonyl (C=O) groups is 3. The Labute approximate surface area is 411 Å². The van der Waals surface area contributed by atoms with Crippen molar-refractivity contribution in [1.29, 1.82) is 0 Å². The minimum Gasteiger partial charge on any atom is -0.545 e. The quantitative estimate of drug-likeness (QED) is 0.0195. The lowest BCUT2D eigenvalue weighted by Gasteiger charge is -2.26. The van der Waals surface area contributed by atoms with Gasteiger partial charge in [0.15, 0.2) is 12.4 Å². The fourth-order valence-electron chi connectivity index (χ4n) is 7.31. The van der Waals surface area contributed by atoms with E-state index in [9.17, 15) is 19.5 Å². The van der Waals surface area contributed by atoms with E-state index >= 15 is 0 Å². The topological polar surface area (TPSA) is 111 Å². The first kappa shape index (κ1) is 63.7. The Kier molecular flexibility index (Phi) is 46.8. The summed E-state index contributed by atoms with van der Waals surface area (Å²) in [6, 6.07) is 0. The van der Waals surface area contributed by atoms with Gasteiger partial charge in [-0.05, 0) is 64.2 Å². The molecule has 0 saturated heterocycles. The number of carboxylic acid groups (broad SMARTS) is 1. The van der Waals surface area contributed by atoms with Gasteiger partial charge in [0, 0.05) is 6.42 Å².